The molecule has 1 rings (SSSR count). The van der Waals surface area contributed by atoms with Gasteiger partial charge in [-0.05, 0) is 20.8 Å². The summed E-state index contributed by atoms with van der Waals surface area (Å²) in [6, 6.07) is 0. The molecule has 1 aromatic rings. The lowest BCUT2D eigenvalue weighted by Crippen LogP contribution is -2.33. The standard InChI is InChI=1S/C11H16ClN3O2/c1-4-17-11(2,3)6-13-10-8(5-16)9(12)14-7-15-10/h5,7H,4,6H2,1-3H3,(H,13,14,15). The van der Waals surface area contributed by atoms with Crippen molar-refractivity contribution in [2.45, 2.75) is 26.4 Å². The van der Waals surface area contributed by atoms with Gasteiger partial charge in [-0.15, -0.1) is 0 Å². The smallest absolute Gasteiger partial charge is 0.156 e. The summed E-state index contributed by atoms with van der Waals surface area (Å²) in [4.78, 5) is 18.6. The van der Waals surface area contributed by atoms with Gasteiger partial charge in [0.2, 0.25) is 0 Å². The second kappa shape index (κ2) is 5.93. The van der Waals surface area contributed by atoms with Crippen molar-refractivity contribution in [3.63, 3.8) is 0 Å². The molecule has 5 nitrogen and oxygen atoms in total. The first-order chi connectivity index (χ1) is 8.00. The number of carbonyl (C=O) groups excluding carboxylic acids is 1. The Labute approximate surface area is 106 Å². The highest BCUT2D eigenvalue weighted by Crippen LogP contribution is 2.18. The molecule has 0 unspecified atom stereocenters. The highest BCUT2D eigenvalue weighted by atomic mass is 35.5. The van der Waals surface area contributed by atoms with Crippen LogP contribution in [0, 0.1) is 0 Å². The summed E-state index contributed by atoms with van der Waals surface area (Å²) in [7, 11) is 0. The van der Waals surface area contributed by atoms with E-state index in [2.05, 4.69) is 15.3 Å². The van der Waals surface area contributed by atoms with E-state index < -0.39 is 0 Å². The number of ether oxygens (including phenoxy) is 1. The van der Waals surface area contributed by atoms with Gasteiger partial charge < -0.3 is 10.1 Å². The zero-order chi connectivity index (χ0) is 12.9. The Kier molecular flexibility index (Phi) is 4.84. The molecule has 0 aliphatic heterocycles. The van der Waals surface area contributed by atoms with Crippen molar-refractivity contribution >= 4 is 23.7 Å². The van der Waals surface area contributed by atoms with Gasteiger partial charge in [-0.3, -0.25) is 4.79 Å². The lowest BCUT2D eigenvalue weighted by molar-refractivity contribution is 0.000625. The molecule has 0 aliphatic rings. The van der Waals surface area contributed by atoms with Crippen LogP contribution >= 0.6 is 11.6 Å². The summed E-state index contributed by atoms with van der Waals surface area (Å²) in [6.07, 6.45) is 1.95. The summed E-state index contributed by atoms with van der Waals surface area (Å²) < 4.78 is 5.53. The van der Waals surface area contributed by atoms with Crippen LogP contribution in [0.5, 0.6) is 0 Å². The van der Waals surface area contributed by atoms with Crippen molar-refractivity contribution in [2.75, 3.05) is 18.5 Å². The number of carbonyl (C=O) groups is 1. The number of rotatable bonds is 6. The van der Waals surface area contributed by atoms with E-state index in [1.165, 1.54) is 6.33 Å². The summed E-state index contributed by atoms with van der Waals surface area (Å²) in [5.74, 6) is 0.424. The summed E-state index contributed by atoms with van der Waals surface area (Å²) in [6.45, 7) is 6.98. The van der Waals surface area contributed by atoms with Crippen molar-refractivity contribution in [2.24, 2.45) is 0 Å². The van der Waals surface area contributed by atoms with Crippen LogP contribution in [0.15, 0.2) is 6.33 Å². The summed E-state index contributed by atoms with van der Waals surface area (Å²) in [5, 5.41) is 3.18. The molecule has 0 spiro atoms. The monoisotopic (exact) mass is 257 g/mol. The topological polar surface area (TPSA) is 64.1 Å². The maximum absolute atomic E-state index is 10.9. The Balaban J connectivity index is 2.76. The minimum Gasteiger partial charge on any atom is -0.374 e. The minimum absolute atomic E-state index is 0.145. The third-order valence-corrected chi connectivity index (χ3v) is 2.47. The highest BCUT2D eigenvalue weighted by Gasteiger charge is 2.18. The SMILES string of the molecule is CCOC(C)(C)CNc1ncnc(Cl)c1C=O. The molecule has 0 atom stereocenters. The molecule has 0 saturated carbocycles. The first-order valence-corrected chi connectivity index (χ1v) is 5.71. The van der Waals surface area contributed by atoms with Crippen LogP contribution in [0.25, 0.3) is 0 Å². The number of hydrogen-bond acceptors (Lipinski definition) is 5. The molecule has 0 aromatic carbocycles. The molecule has 0 amide bonds. The minimum atomic E-state index is -0.341. The lowest BCUT2D eigenvalue weighted by Gasteiger charge is -2.25. The van der Waals surface area contributed by atoms with Gasteiger partial charge in [-0.2, -0.15) is 0 Å². The van der Waals surface area contributed by atoms with Gasteiger partial charge >= 0.3 is 0 Å². The third kappa shape index (κ3) is 3.94. The number of anilines is 1. The molecule has 94 valence electrons. The van der Waals surface area contributed by atoms with E-state index in [9.17, 15) is 4.79 Å². The van der Waals surface area contributed by atoms with Crippen molar-refractivity contribution in [3.05, 3.63) is 17.0 Å². The van der Waals surface area contributed by atoms with Gasteiger partial charge in [-0.1, -0.05) is 11.6 Å². The molecular formula is C11H16ClN3O2. The molecule has 0 aliphatic carbocycles. The lowest BCUT2D eigenvalue weighted by atomic mass is 10.1. The van der Waals surface area contributed by atoms with Crippen molar-refractivity contribution < 1.29 is 9.53 Å². The van der Waals surface area contributed by atoms with Gasteiger partial charge in [0.15, 0.2) is 6.29 Å². The number of halogens is 1. The van der Waals surface area contributed by atoms with Crippen LogP contribution in [0.1, 0.15) is 31.1 Å². The van der Waals surface area contributed by atoms with E-state index >= 15 is 0 Å². The van der Waals surface area contributed by atoms with Gasteiger partial charge in [-0.25, -0.2) is 9.97 Å². The quantitative estimate of drug-likeness (QED) is 0.625. The molecule has 0 radical (unpaired) electrons. The van der Waals surface area contributed by atoms with Crippen LogP contribution in [0.3, 0.4) is 0 Å². The van der Waals surface area contributed by atoms with Gasteiger partial charge in [0, 0.05) is 13.2 Å². The zero-order valence-electron chi connectivity index (χ0n) is 10.2. The van der Waals surface area contributed by atoms with E-state index in [1.807, 2.05) is 20.8 Å². The molecule has 0 saturated heterocycles. The first-order valence-electron chi connectivity index (χ1n) is 5.33. The van der Waals surface area contributed by atoms with E-state index in [1.54, 1.807) is 0 Å². The Morgan fingerprint density at radius 1 is 1.53 bits per heavy atom. The zero-order valence-corrected chi connectivity index (χ0v) is 10.9. The first kappa shape index (κ1) is 13.9. The van der Waals surface area contributed by atoms with Gasteiger partial charge in [0.25, 0.3) is 0 Å². The number of nitrogens with one attached hydrogen (secondary N) is 1. The second-order valence-corrected chi connectivity index (χ2v) is 4.45. The molecule has 1 heterocycles. The maximum Gasteiger partial charge on any atom is 0.156 e. The van der Waals surface area contributed by atoms with Gasteiger partial charge in [0.1, 0.15) is 17.3 Å². The van der Waals surface area contributed by atoms with Gasteiger partial charge in [0.05, 0.1) is 11.2 Å². The predicted octanol–water partition coefficient (Wildman–Crippen LogP) is 2.17. The fraction of sp³-hybridized carbons (Fsp3) is 0.545. The second-order valence-electron chi connectivity index (χ2n) is 4.09. The van der Waals surface area contributed by atoms with Crippen LogP contribution in [0.2, 0.25) is 5.15 Å². The number of aldehydes is 1. The molecule has 17 heavy (non-hydrogen) atoms. The predicted molar refractivity (Wildman–Crippen MR) is 66.6 cm³/mol. The molecule has 1 N–H and O–H groups in total. The molecule has 0 bridgehead atoms. The number of aromatic nitrogens is 2. The Bertz CT molecular complexity index is 396. The Morgan fingerprint density at radius 3 is 2.82 bits per heavy atom. The van der Waals surface area contributed by atoms with Crippen molar-refractivity contribution in [1.29, 1.82) is 0 Å². The Hall–Kier alpha value is -1.20. The normalized spacial score (nSPS) is 11.3. The van der Waals surface area contributed by atoms with Crippen molar-refractivity contribution in [1.82, 2.24) is 9.97 Å². The largest absolute Gasteiger partial charge is 0.374 e. The summed E-state index contributed by atoms with van der Waals surface area (Å²) in [5.41, 5.74) is -0.0757. The van der Waals surface area contributed by atoms with Crippen LogP contribution < -0.4 is 5.32 Å². The van der Waals surface area contributed by atoms with E-state index in [4.69, 9.17) is 16.3 Å². The van der Waals surface area contributed by atoms with E-state index in [0.29, 0.717) is 25.3 Å². The molecule has 0 fully saturated rings. The fourth-order valence-electron chi connectivity index (χ4n) is 1.36. The van der Waals surface area contributed by atoms with E-state index in [-0.39, 0.29) is 16.3 Å². The van der Waals surface area contributed by atoms with Crippen LogP contribution in [0.4, 0.5) is 5.82 Å². The van der Waals surface area contributed by atoms with Crippen LogP contribution in [-0.4, -0.2) is 35.0 Å². The average Bonchev–Trinajstić information content (AvgIpc) is 2.26. The number of hydrogen-bond donors (Lipinski definition) is 1. The number of nitrogens with zero attached hydrogens (tertiary/aromatic N) is 2. The summed E-state index contributed by atoms with van der Waals surface area (Å²) >= 11 is 5.79. The average molecular weight is 258 g/mol. The fourth-order valence-corrected chi connectivity index (χ4v) is 1.54. The highest BCUT2D eigenvalue weighted by molar-refractivity contribution is 6.32. The van der Waals surface area contributed by atoms with Crippen LogP contribution in [-0.2, 0) is 4.74 Å². The molecular weight excluding hydrogens is 242 g/mol. The molecule has 1 aromatic heterocycles. The molecule has 6 heteroatoms. The van der Waals surface area contributed by atoms with Crippen molar-refractivity contribution in [3.8, 4) is 0 Å². The third-order valence-electron chi connectivity index (χ3n) is 2.17. The Morgan fingerprint density at radius 2 is 2.24 bits per heavy atom. The maximum atomic E-state index is 10.9. The van der Waals surface area contributed by atoms with E-state index in [0.717, 1.165) is 0 Å².